The molecule has 0 saturated heterocycles. The van der Waals surface area contributed by atoms with Crippen molar-refractivity contribution in [2.24, 2.45) is 0 Å². The molecule has 10 heteroatoms. The number of hydrogen-bond acceptors (Lipinski definition) is 6. The Bertz CT molecular complexity index is 1330. The lowest BCUT2D eigenvalue weighted by Gasteiger charge is -2.14. The van der Waals surface area contributed by atoms with Gasteiger partial charge in [-0.05, 0) is 48.5 Å². The molecular weight excluding hydrogens is 448 g/mol. The number of benzene rings is 2. The van der Waals surface area contributed by atoms with Gasteiger partial charge >= 0.3 is 6.03 Å². The molecule has 4 rings (SSSR count). The summed E-state index contributed by atoms with van der Waals surface area (Å²) in [5.74, 6) is 1.71. The molecule has 0 unspecified atom stereocenters. The number of hydrogen-bond donors (Lipinski definition) is 2. The number of pyridine rings is 1. The molecule has 0 aliphatic heterocycles. The van der Waals surface area contributed by atoms with Crippen LogP contribution in [0.2, 0.25) is 0 Å². The normalized spacial score (nSPS) is 11.1. The monoisotopic (exact) mass is 472 g/mol. The van der Waals surface area contributed by atoms with Crippen molar-refractivity contribution in [1.29, 1.82) is 0 Å². The summed E-state index contributed by atoms with van der Waals surface area (Å²) < 4.78 is 7.29. The van der Waals surface area contributed by atoms with Crippen LogP contribution in [0.25, 0.3) is 5.69 Å². The van der Waals surface area contributed by atoms with Crippen LogP contribution in [0.15, 0.2) is 79.1 Å². The maximum Gasteiger partial charge on any atom is 0.324 e. The van der Waals surface area contributed by atoms with E-state index in [1.54, 1.807) is 71.7 Å². The van der Waals surface area contributed by atoms with Gasteiger partial charge in [-0.3, -0.25) is 20.4 Å². The van der Waals surface area contributed by atoms with Gasteiger partial charge in [0.15, 0.2) is 0 Å². The number of rotatable bonds is 6. The highest BCUT2D eigenvalue weighted by Crippen LogP contribution is 2.27. The van der Waals surface area contributed by atoms with Crippen molar-refractivity contribution in [3.63, 3.8) is 0 Å². The molecule has 0 aliphatic carbocycles. The number of nitrogens with zero attached hydrogens (tertiary/aromatic N) is 4. The Morgan fingerprint density at radius 3 is 2.17 bits per heavy atom. The number of amides is 2. The summed E-state index contributed by atoms with van der Waals surface area (Å²) in [6, 6.07) is 17.7. The zero-order chi connectivity index (χ0) is 25.0. The van der Waals surface area contributed by atoms with E-state index in [-0.39, 0.29) is 11.1 Å². The van der Waals surface area contributed by atoms with Crippen LogP contribution in [0.3, 0.4) is 0 Å². The van der Waals surface area contributed by atoms with Gasteiger partial charge in [0.2, 0.25) is 0 Å². The predicted molar refractivity (Wildman–Crippen MR) is 132 cm³/mol. The second-order valence-corrected chi connectivity index (χ2v) is 8.74. The largest absolute Gasteiger partial charge is 0.457 e. The van der Waals surface area contributed by atoms with Gasteiger partial charge in [-0.25, -0.2) is 9.48 Å². The van der Waals surface area contributed by atoms with Crippen molar-refractivity contribution < 1.29 is 14.5 Å². The summed E-state index contributed by atoms with van der Waals surface area (Å²) in [5, 5.41) is 21.2. The summed E-state index contributed by atoms with van der Waals surface area (Å²) in [6.07, 6.45) is 3.28. The fraction of sp³-hybridized carbons (Fsp3) is 0.160. The van der Waals surface area contributed by atoms with Gasteiger partial charge in [0.1, 0.15) is 17.3 Å². The first-order chi connectivity index (χ1) is 16.7. The minimum Gasteiger partial charge on any atom is -0.457 e. The minimum absolute atomic E-state index is 0.0273. The molecule has 2 heterocycles. The van der Waals surface area contributed by atoms with Crippen LogP contribution in [-0.2, 0) is 5.41 Å². The number of non-ortho nitro benzene ring substituents is 1. The molecule has 0 aliphatic rings. The Balaban J connectivity index is 1.50. The lowest BCUT2D eigenvalue weighted by Crippen LogP contribution is -2.21. The third kappa shape index (κ3) is 5.80. The van der Waals surface area contributed by atoms with E-state index in [1.807, 2.05) is 20.8 Å². The highest BCUT2D eigenvalue weighted by molar-refractivity contribution is 5.99. The number of urea groups is 1. The van der Waals surface area contributed by atoms with E-state index in [0.29, 0.717) is 28.7 Å². The van der Waals surface area contributed by atoms with Crippen LogP contribution in [0.1, 0.15) is 26.5 Å². The molecule has 0 saturated carbocycles. The first-order valence-electron chi connectivity index (χ1n) is 10.8. The number of nitro benzene ring substituents is 1. The molecule has 2 aromatic heterocycles. The Morgan fingerprint density at radius 2 is 1.57 bits per heavy atom. The number of nitrogens with one attached hydrogen (secondary N) is 2. The van der Waals surface area contributed by atoms with Gasteiger partial charge in [-0.1, -0.05) is 20.8 Å². The molecule has 0 spiro atoms. The van der Waals surface area contributed by atoms with Gasteiger partial charge < -0.3 is 10.1 Å². The molecule has 178 valence electrons. The summed E-state index contributed by atoms with van der Waals surface area (Å²) in [7, 11) is 0. The first-order valence-corrected chi connectivity index (χ1v) is 10.8. The van der Waals surface area contributed by atoms with Gasteiger partial charge in [-0.15, -0.1) is 0 Å². The number of carbonyl (C=O) groups is 1. The molecular formula is C25H24N6O4. The fourth-order valence-corrected chi connectivity index (χ4v) is 3.18. The summed E-state index contributed by atoms with van der Waals surface area (Å²) in [6.45, 7) is 6.03. The Labute approximate surface area is 201 Å². The third-order valence-electron chi connectivity index (χ3n) is 5.02. The lowest BCUT2D eigenvalue weighted by molar-refractivity contribution is -0.384. The van der Waals surface area contributed by atoms with Crippen molar-refractivity contribution in [1.82, 2.24) is 14.8 Å². The van der Waals surface area contributed by atoms with E-state index >= 15 is 0 Å². The van der Waals surface area contributed by atoms with Gasteiger partial charge in [0.25, 0.3) is 5.69 Å². The second-order valence-electron chi connectivity index (χ2n) is 8.74. The average molecular weight is 473 g/mol. The van der Waals surface area contributed by atoms with Crippen LogP contribution < -0.4 is 15.4 Å². The van der Waals surface area contributed by atoms with E-state index < -0.39 is 11.0 Å². The van der Waals surface area contributed by atoms with Gasteiger partial charge in [0.05, 0.1) is 16.3 Å². The maximum absolute atomic E-state index is 12.8. The van der Waals surface area contributed by atoms with E-state index in [1.165, 1.54) is 12.1 Å². The molecule has 4 aromatic rings. The molecule has 2 amide bonds. The standard InChI is InChI=1S/C25H24N6O4/c1-25(2,3)22-16-23(30(29-22)18-6-8-19(9-7-18)31(33)34)28-24(32)27-17-4-10-20(11-5-17)35-21-12-14-26-15-13-21/h4-16H,1-3H3,(H2,27,28,32). The lowest BCUT2D eigenvalue weighted by atomic mass is 9.92. The van der Waals surface area contributed by atoms with Crippen LogP contribution in [0, 0.1) is 10.1 Å². The van der Waals surface area contributed by atoms with Gasteiger partial charge in [-0.2, -0.15) is 5.10 Å². The van der Waals surface area contributed by atoms with Crippen LogP contribution in [0.4, 0.5) is 22.0 Å². The summed E-state index contributed by atoms with van der Waals surface area (Å²) in [5.41, 5.74) is 1.61. The van der Waals surface area contributed by atoms with Crippen LogP contribution in [-0.4, -0.2) is 25.7 Å². The zero-order valence-electron chi connectivity index (χ0n) is 19.4. The van der Waals surface area contributed by atoms with Crippen molar-refractivity contribution in [2.45, 2.75) is 26.2 Å². The highest BCUT2D eigenvalue weighted by Gasteiger charge is 2.22. The maximum atomic E-state index is 12.8. The van der Waals surface area contributed by atoms with E-state index in [0.717, 1.165) is 5.69 Å². The molecule has 0 radical (unpaired) electrons. The smallest absolute Gasteiger partial charge is 0.324 e. The number of ether oxygens (including phenoxy) is 1. The molecule has 2 aromatic carbocycles. The van der Waals surface area contributed by atoms with Crippen molar-refractivity contribution in [3.05, 3.63) is 94.9 Å². The fourth-order valence-electron chi connectivity index (χ4n) is 3.18. The van der Waals surface area contributed by atoms with E-state index in [4.69, 9.17) is 4.74 Å². The number of nitro groups is 1. The summed E-state index contributed by atoms with van der Waals surface area (Å²) >= 11 is 0. The Kier molecular flexibility index (Phi) is 6.45. The average Bonchev–Trinajstić information content (AvgIpc) is 3.25. The van der Waals surface area contributed by atoms with Crippen LogP contribution >= 0.6 is 0 Å². The molecule has 0 atom stereocenters. The predicted octanol–water partition coefficient (Wildman–Crippen LogP) is 5.91. The molecule has 10 nitrogen and oxygen atoms in total. The SMILES string of the molecule is CC(C)(C)c1cc(NC(=O)Nc2ccc(Oc3ccncc3)cc2)n(-c2ccc([N+](=O)[O-])cc2)n1. The highest BCUT2D eigenvalue weighted by atomic mass is 16.6. The number of anilines is 2. The molecule has 35 heavy (non-hydrogen) atoms. The van der Waals surface area contributed by atoms with Crippen LogP contribution in [0.5, 0.6) is 11.5 Å². The van der Waals surface area contributed by atoms with Crippen molar-refractivity contribution in [2.75, 3.05) is 10.6 Å². The Hall–Kier alpha value is -4.73. The zero-order valence-corrected chi connectivity index (χ0v) is 19.4. The third-order valence-corrected chi connectivity index (χ3v) is 5.02. The first kappa shape index (κ1) is 23.4. The topological polar surface area (TPSA) is 124 Å². The molecule has 0 bridgehead atoms. The van der Waals surface area contributed by atoms with Gasteiger partial charge in [0, 0.05) is 41.7 Å². The molecule has 2 N–H and O–H groups in total. The Morgan fingerprint density at radius 1 is 0.943 bits per heavy atom. The minimum atomic E-state index is -0.465. The second kappa shape index (κ2) is 9.64. The number of aromatic nitrogens is 3. The summed E-state index contributed by atoms with van der Waals surface area (Å²) in [4.78, 5) is 27.2. The quantitative estimate of drug-likeness (QED) is 0.266. The van der Waals surface area contributed by atoms with E-state index in [2.05, 4.69) is 20.7 Å². The van der Waals surface area contributed by atoms with Crippen molar-refractivity contribution in [3.8, 4) is 17.2 Å². The van der Waals surface area contributed by atoms with E-state index in [9.17, 15) is 14.9 Å². The number of carbonyl (C=O) groups excluding carboxylic acids is 1. The molecule has 0 fully saturated rings. The van der Waals surface area contributed by atoms with Crippen molar-refractivity contribution >= 4 is 23.2 Å².